The normalized spacial score (nSPS) is 18.6. The van der Waals surface area contributed by atoms with E-state index in [0.717, 1.165) is 41.8 Å². The zero-order chi connectivity index (χ0) is 16.4. The molecule has 4 rings (SSSR count). The van der Waals surface area contributed by atoms with E-state index in [1.807, 2.05) is 19.9 Å². The van der Waals surface area contributed by atoms with Crippen LogP contribution in [0.15, 0.2) is 18.2 Å². The zero-order valence-electron chi connectivity index (χ0n) is 13.9. The van der Waals surface area contributed by atoms with Crippen LogP contribution in [0.4, 0.5) is 11.8 Å². The van der Waals surface area contributed by atoms with Crippen LogP contribution < -0.4 is 15.4 Å². The molecule has 0 amide bonds. The molecule has 6 heteroatoms. The Morgan fingerprint density at radius 3 is 2.91 bits per heavy atom. The third-order valence-electron chi connectivity index (χ3n) is 4.02. The SMILES string of the molecule is CC.CCc1cc2nc(N)nc3c2c(n1)OCC1C=CCCN31. The minimum atomic E-state index is 0.176. The molecule has 2 aliphatic rings. The molecule has 0 aromatic carbocycles. The molecule has 0 saturated heterocycles. The van der Waals surface area contributed by atoms with Crippen molar-refractivity contribution in [2.75, 3.05) is 23.8 Å². The van der Waals surface area contributed by atoms with Gasteiger partial charge in [-0.25, -0.2) is 9.97 Å². The van der Waals surface area contributed by atoms with Crippen molar-refractivity contribution in [2.45, 2.75) is 39.7 Å². The molecule has 0 saturated carbocycles. The number of hydrogen-bond donors (Lipinski definition) is 1. The standard InChI is InChI=1S/C15H17N5O.C2H6/c1-2-9-7-11-12-13(19-15(16)18-11)20-6-4-3-5-10(20)8-21-14(12)17-9;1-2/h3,5,7,10H,2,4,6,8H2,1H3,(H2,16,18,19);1-2H3. The molecule has 0 fully saturated rings. The van der Waals surface area contributed by atoms with Gasteiger partial charge in [-0.15, -0.1) is 0 Å². The van der Waals surface area contributed by atoms with Crippen LogP contribution in [-0.2, 0) is 6.42 Å². The lowest BCUT2D eigenvalue weighted by Gasteiger charge is -2.31. The second kappa shape index (κ2) is 6.40. The summed E-state index contributed by atoms with van der Waals surface area (Å²) in [6.45, 7) is 7.54. The minimum Gasteiger partial charge on any atom is -0.475 e. The summed E-state index contributed by atoms with van der Waals surface area (Å²) in [4.78, 5) is 15.7. The maximum Gasteiger partial charge on any atom is 0.227 e. The highest BCUT2D eigenvalue weighted by atomic mass is 16.5. The van der Waals surface area contributed by atoms with Gasteiger partial charge in [0.25, 0.3) is 0 Å². The van der Waals surface area contributed by atoms with E-state index in [4.69, 9.17) is 10.5 Å². The van der Waals surface area contributed by atoms with E-state index in [-0.39, 0.29) is 6.04 Å². The van der Waals surface area contributed by atoms with Gasteiger partial charge in [0, 0.05) is 12.2 Å². The first-order valence-electron chi connectivity index (χ1n) is 8.29. The molecular weight excluding hydrogens is 290 g/mol. The molecule has 4 heterocycles. The van der Waals surface area contributed by atoms with Crippen LogP contribution >= 0.6 is 0 Å². The fourth-order valence-corrected chi connectivity index (χ4v) is 2.97. The molecule has 23 heavy (non-hydrogen) atoms. The predicted octanol–water partition coefficient (Wildman–Crippen LogP) is 2.72. The number of aryl methyl sites for hydroxylation is 1. The van der Waals surface area contributed by atoms with Gasteiger partial charge in [-0.05, 0) is 18.9 Å². The molecule has 1 atom stereocenters. The smallest absolute Gasteiger partial charge is 0.227 e. The summed E-state index contributed by atoms with van der Waals surface area (Å²) in [5.74, 6) is 1.77. The Kier molecular flexibility index (Phi) is 4.32. The van der Waals surface area contributed by atoms with Gasteiger partial charge < -0.3 is 15.4 Å². The Balaban J connectivity index is 0.000000753. The van der Waals surface area contributed by atoms with E-state index < -0.39 is 0 Å². The van der Waals surface area contributed by atoms with Gasteiger partial charge in [0.2, 0.25) is 11.8 Å². The van der Waals surface area contributed by atoms with Crippen molar-refractivity contribution in [3.63, 3.8) is 0 Å². The molecule has 0 spiro atoms. The van der Waals surface area contributed by atoms with Crippen molar-refractivity contribution >= 4 is 22.7 Å². The maximum atomic E-state index is 5.95. The summed E-state index contributed by atoms with van der Waals surface area (Å²) < 4.78 is 5.95. The van der Waals surface area contributed by atoms with Crippen LogP contribution in [0.2, 0.25) is 0 Å². The van der Waals surface area contributed by atoms with Crippen LogP contribution in [0.5, 0.6) is 5.88 Å². The maximum absolute atomic E-state index is 5.95. The first kappa shape index (κ1) is 15.5. The van der Waals surface area contributed by atoms with Gasteiger partial charge in [-0.2, -0.15) is 4.98 Å². The molecule has 0 bridgehead atoms. The summed E-state index contributed by atoms with van der Waals surface area (Å²) in [7, 11) is 0. The van der Waals surface area contributed by atoms with E-state index in [1.165, 1.54) is 0 Å². The van der Waals surface area contributed by atoms with E-state index in [9.17, 15) is 0 Å². The fraction of sp³-hybridized carbons (Fsp3) is 0.471. The van der Waals surface area contributed by atoms with E-state index >= 15 is 0 Å². The highest BCUT2D eigenvalue weighted by Crippen LogP contribution is 2.36. The van der Waals surface area contributed by atoms with Gasteiger partial charge in [-0.1, -0.05) is 32.9 Å². The second-order valence-electron chi connectivity index (χ2n) is 5.36. The number of anilines is 2. The third kappa shape index (κ3) is 2.69. The van der Waals surface area contributed by atoms with Crippen molar-refractivity contribution in [3.8, 4) is 5.88 Å². The molecule has 2 N–H and O–H groups in total. The Labute approximate surface area is 136 Å². The Bertz CT molecular complexity index is 743. The monoisotopic (exact) mass is 313 g/mol. The molecular formula is C17H23N5O. The van der Waals surface area contributed by atoms with E-state index in [1.54, 1.807) is 0 Å². The topological polar surface area (TPSA) is 77.2 Å². The van der Waals surface area contributed by atoms with Crippen molar-refractivity contribution < 1.29 is 4.74 Å². The Morgan fingerprint density at radius 1 is 1.30 bits per heavy atom. The van der Waals surface area contributed by atoms with Crippen molar-refractivity contribution in [1.82, 2.24) is 15.0 Å². The third-order valence-corrected chi connectivity index (χ3v) is 4.02. The summed E-state index contributed by atoms with van der Waals surface area (Å²) >= 11 is 0. The average molecular weight is 313 g/mol. The molecule has 0 aliphatic carbocycles. The van der Waals surface area contributed by atoms with Crippen molar-refractivity contribution in [3.05, 3.63) is 23.9 Å². The quantitative estimate of drug-likeness (QED) is 0.816. The number of hydrogen-bond acceptors (Lipinski definition) is 6. The molecule has 2 aromatic heterocycles. The summed E-state index contributed by atoms with van der Waals surface area (Å²) in [5, 5.41) is 0.874. The average Bonchev–Trinajstić information content (AvgIpc) is 2.75. The van der Waals surface area contributed by atoms with Crippen LogP contribution in [-0.4, -0.2) is 34.1 Å². The van der Waals surface area contributed by atoms with Gasteiger partial charge in [0.1, 0.15) is 17.8 Å². The number of ether oxygens (including phenoxy) is 1. The van der Waals surface area contributed by atoms with E-state index in [2.05, 4.69) is 38.9 Å². The minimum absolute atomic E-state index is 0.176. The second-order valence-corrected chi connectivity index (χ2v) is 5.36. The van der Waals surface area contributed by atoms with Crippen LogP contribution in [0, 0.1) is 0 Å². The largest absolute Gasteiger partial charge is 0.475 e. The van der Waals surface area contributed by atoms with Crippen LogP contribution in [0.1, 0.15) is 32.9 Å². The molecule has 6 nitrogen and oxygen atoms in total. The number of nitrogens with zero attached hydrogens (tertiary/aromatic N) is 4. The number of pyridine rings is 1. The first-order chi connectivity index (χ1) is 11.3. The summed E-state index contributed by atoms with van der Waals surface area (Å²) in [6, 6.07) is 2.15. The Morgan fingerprint density at radius 2 is 2.13 bits per heavy atom. The van der Waals surface area contributed by atoms with Gasteiger partial charge >= 0.3 is 0 Å². The van der Waals surface area contributed by atoms with E-state index in [0.29, 0.717) is 18.4 Å². The molecule has 0 radical (unpaired) electrons. The Hall–Kier alpha value is -2.37. The highest BCUT2D eigenvalue weighted by Gasteiger charge is 2.29. The molecule has 2 aliphatic heterocycles. The number of nitrogen functional groups attached to an aromatic ring is 1. The molecule has 1 unspecified atom stereocenters. The number of fused-ring (bicyclic) bond motifs is 2. The lowest BCUT2D eigenvalue weighted by atomic mass is 10.1. The number of rotatable bonds is 1. The van der Waals surface area contributed by atoms with Crippen LogP contribution in [0.25, 0.3) is 10.9 Å². The molecule has 122 valence electrons. The first-order valence-corrected chi connectivity index (χ1v) is 8.29. The van der Waals surface area contributed by atoms with Gasteiger partial charge in [0.15, 0.2) is 0 Å². The van der Waals surface area contributed by atoms with Crippen molar-refractivity contribution in [1.29, 1.82) is 0 Å². The number of nitrogens with two attached hydrogens (primary N) is 1. The number of aromatic nitrogens is 3. The highest BCUT2D eigenvalue weighted by molar-refractivity contribution is 5.95. The summed E-state index contributed by atoms with van der Waals surface area (Å²) in [6.07, 6.45) is 6.18. The van der Waals surface area contributed by atoms with Gasteiger partial charge in [-0.3, -0.25) is 0 Å². The lowest BCUT2D eigenvalue weighted by molar-refractivity contribution is 0.295. The van der Waals surface area contributed by atoms with Crippen LogP contribution in [0.3, 0.4) is 0 Å². The predicted molar refractivity (Wildman–Crippen MR) is 92.9 cm³/mol. The fourth-order valence-electron chi connectivity index (χ4n) is 2.97. The zero-order valence-corrected chi connectivity index (χ0v) is 13.9. The lowest BCUT2D eigenvalue weighted by Crippen LogP contribution is -2.40. The van der Waals surface area contributed by atoms with Crippen molar-refractivity contribution in [2.24, 2.45) is 0 Å². The van der Waals surface area contributed by atoms with Gasteiger partial charge in [0.05, 0.1) is 11.6 Å². The molecule has 2 aromatic rings. The summed E-state index contributed by atoms with van der Waals surface area (Å²) in [5.41, 5.74) is 7.68.